The van der Waals surface area contributed by atoms with Crippen LogP contribution in [0.5, 0.6) is 0 Å². The van der Waals surface area contributed by atoms with Crippen LogP contribution in [0, 0.1) is 0 Å². The molecule has 128 heavy (non-hydrogen) atoms. The third-order valence-electron chi connectivity index (χ3n) is 20.8. The highest BCUT2D eigenvalue weighted by molar-refractivity contribution is 5.95. The Labute approximate surface area is 729 Å². The minimum Gasteiger partial charge on any atom is -0.480 e. The van der Waals surface area contributed by atoms with Crippen LogP contribution >= 0.6 is 0 Å². The Morgan fingerprint density at radius 2 is 0.664 bits per heavy atom. The highest BCUT2D eigenvalue weighted by atomic mass is 16.8. The van der Waals surface area contributed by atoms with Crippen LogP contribution in [0.25, 0.3) is 0 Å². The van der Waals surface area contributed by atoms with Crippen molar-refractivity contribution in [1.82, 2.24) is 58.5 Å². The summed E-state index contributed by atoms with van der Waals surface area (Å²) < 4.78 is 54.8. The molecule has 33 atom stereocenters. The van der Waals surface area contributed by atoms with Gasteiger partial charge in [-0.1, -0.05) is 0 Å². The number of hydrogen-bond acceptors (Lipinski definition) is 38. The van der Waals surface area contributed by atoms with Crippen molar-refractivity contribution in [3.05, 3.63) is 0 Å². The molecule has 11 amide bonds. The van der Waals surface area contributed by atoms with Gasteiger partial charge in [0, 0.05) is 26.7 Å². The average Bonchev–Trinajstić information content (AvgIpc) is 0.764. The number of hydrogen-bond donors (Lipinski definition) is 29. The van der Waals surface area contributed by atoms with Crippen molar-refractivity contribution in [2.24, 2.45) is 22.9 Å². The van der Waals surface area contributed by atoms with E-state index in [1.54, 1.807) is 0 Å². The van der Waals surface area contributed by atoms with E-state index in [9.17, 15) is 148 Å². The number of rotatable bonds is 52. The van der Waals surface area contributed by atoms with Gasteiger partial charge in [0.15, 0.2) is 25.2 Å². The number of nitrogens with one attached hydrogen (secondary N) is 11. The maximum Gasteiger partial charge on any atom is 0.326 e. The molecule has 55 heteroatoms. The van der Waals surface area contributed by atoms with Gasteiger partial charge in [-0.2, -0.15) is 0 Å². The number of aliphatic hydroxyl groups excluding tert-OH is 8. The molecule has 728 valence electrons. The second-order valence-corrected chi connectivity index (χ2v) is 31.0. The topological polar surface area (TPSA) is 893 Å². The molecule has 0 bridgehead atoms. The average molecular weight is 1850 g/mol. The van der Waals surface area contributed by atoms with Crippen LogP contribution in [0.3, 0.4) is 0 Å². The first-order chi connectivity index (χ1) is 59.8. The normalized spacial score (nSPS) is 28.8. The Balaban J connectivity index is 1.61. The Bertz CT molecular complexity index is 3800. The summed E-state index contributed by atoms with van der Waals surface area (Å²) in [7, 11) is 0. The van der Waals surface area contributed by atoms with Gasteiger partial charge in [0.2, 0.25) is 65.0 Å². The molecule has 0 aromatic heterocycles. The summed E-state index contributed by atoms with van der Waals surface area (Å²) in [5.41, 5.74) is 24.1. The minimum atomic E-state index is -2.17. The molecule has 0 radical (unpaired) electrons. The molecular weight excluding hydrogens is 1730 g/mol. The van der Waals surface area contributed by atoms with E-state index < -0.39 is 354 Å². The predicted octanol–water partition coefficient (Wildman–Crippen LogP) is -14.2. The van der Waals surface area contributed by atoms with E-state index in [1.165, 1.54) is 6.92 Å². The molecular formula is C73H121N15O40. The quantitative estimate of drug-likeness (QED) is 0.0269. The highest BCUT2D eigenvalue weighted by Crippen LogP contribution is 2.36. The molecule has 4 fully saturated rings. The number of aliphatic hydroxyl groups is 8. The lowest BCUT2D eigenvalue weighted by molar-refractivity contribution is -0.364. The molecule has 4 saturated heterocycles. The van der Waals surface area contributed by atoms with Crippen LogP contribution in [0.1, 0.15) is 127 Å². The van der Waals surface area contributed by atoms with Gasteiger partial charge in [-0.3, -0.25) is 71.9 Å². The third kappa shape index (κ3) is 33.0. The number of aliphatic carboxylic acids is 6. The fraction of sp³-hybridized carbons (Fsp3) is 0.767. The van der Waals surface area contributed by atoms with Gasteiger partial charge >= 0.3 is 35.8 Å². The number of amides is 11. The first kappa shape index (κ1) is 110. The van der Waals surface area contributed by atoms with Crippen LogP contribution < -0.4 is 81.4 Å². The second-order valence-electron chi connectivity index (χ2n) is 31.0. The van der Waals surface area contributed by atoms with Gasteiger partial charge in [0.1, 0.15) is 164 Å². The maximum absolute atomic E-state index is 14.3. The molecule has 4 aliphatic rings. The Morgan fingerprint density at radius 3 is 1.05 bits per heavy atom. The van der Waals surface area contributed by atoms with Gasteiger partial charge in [-0.05, 0) is 99.8 Å². The van der Waals surface area contributed by atoms with Gasteiger partial charge in [0.25, 0.3) is 0 Å². The zero-order valence-electron chi connectivity index (χ0n) is 71.1. The zero-order valence-corrected chi connectivity index (χ0v) is 71.1. The summed E-state index contributed by atoms with van der Waals surface area (Å²) in [6.07, 6.45) is -38.4. The van der Waals surface area contributed by atoms with E-state index in [0.717, 1.165) is 55.4 Å². The highest BCUT2D eigenvalue weighted by Gasteiger charge is 2.57. The van der Waals surface area contributed by atoms with Crippen LogP contribution in [0.4, 0.5) is 0 Å². The standard InChI is InChI=1S/C73H121N15O40/c1-24(57(100)81-27(4)64(107)108)80-62(105)35(14-10-12-33(74)66(111)112)85-43(95)18-16-37(68(115)116)88-59(102)26(3)79-61(104)30(7)121-56-48(84-32(9)94)73(125-42(23-92)54(56)128-71-45(76)50(98)49(97)39(20-89)123-71)126-52-40(21-90)124-72(46(77)51(52)99)127-53-41(22-91)122-70(119)47(83-31(8)93)55(53)120-29(6)60(103)78-25(2)58(101)87-38(69(117)118)17-19-44(96)86-36(15-11-13-34(75)67(113)114)63(106)82-28(5)65(109)110/h24-30,33-42,45-56,70-73,89-92,97-99,119H,10-23,74-77H2,1-9H3,(H,78,103)(H,79,104)(H,80,105)(H,81,100)(H,82,106)(H,83,93)(H,84,94)(H,85,95)(H,86,96)(H,87,101)(H,88,102)(H,107,108)(H,109,110)(H,111,112)(H,113,114)(H,115,116)(H,117,118). The number of ether oxygens (including phenoxy) is 9. The molecule has 33 N–H and O–H groups in total. The first-order valence-electron chi connectivity index (χ1n) is 40.5. The van der Waals surface area contributed by atoms with Crippen molar-refractivity contribution in [1.29, 1.82) is 0 Å². The zero-order chi connectivity index (χ0) is 96.9. The fourth-order valence-electron chi connectivity index (χ4n) is 13.3. The number of carboxylic acid groups (broad SMARTS) is 6. The molecule has 0 aliphatic carbocycles. The Hall–Kier alpha value is -9.85. The van der Waals surface area contributed by atoms with Crippen molar-refractivity contribution in [3.8, 4) is 0 Å². The molecule has 55 nitrogen and oxygen atoms in total. The van der Waals surface area contributed by atoms with E-state index >= 15 is 0 Å². The van der Waals surface area contributed by atoms with Crippen LogP contribution in [-0.4, -0.2) is 400 Å². The molecule has 0 spiro atoms. The maximum atomic E-state index is 14.3. The number of carbonyl (C=O) groups excluding carboxylic acids is 11. The van der Waals surface area contributed by atoms with E-state index in [2.05, 4.69) is 58.5 Å². The minimum absolute atomic E-state index is 0.0599. The summed E-state index contributed by atoms with van der Waals surface area (Å²) >= 11 is 0. The Kier molecular flexibility index (Phi) is 45.0. The summed E-state index contributed by atoms with van der Waals surface area (Å²) in [6, 6.07) is -24.4. The summed E-state index contributed by atoms with van der Waals surface area (Å²) in [5.74, 6) is -20.6. The van der Waals surface area contributed by atoms with E-state index in [4.69, 9.17) is 70.7 Å². The molecule has 4 heterocycles. The van der Waals surface area contributed by atoms with Crippen molar-refractivity contribution < 1.29 is 196 Å². The second kappa shape index (κ2) is 52.1. The summed E-state index contributed by atoms with van der Waals surface area (Å²) in [4.78, 5) is 218. The van der Waals surface area contributed by atoms with Gasteiger partial charge < -0.3 is 196 Å². The summed E-state index contributed by atoms with van der Waals surface area (Å²) in [6.45, 7) is 5.32. The van der Waals surface area contributed by atoms with E-state index in [0.29, 0.717) is 0 Å². The molecule has 0 aromatic rings. The largest absolute Gasteiger partial charge is 0.480 e. The van der Waals surface area contributed by atoms with E-state index in [-0.39, 0.29) is 38.5 Å². The van der Waals surface area contributed by atoms with Crippen LogP contribution in [0.2, 0.25) is 0 Å². The lowest BCUT2D eigenvalue weighted by Gasteiger charge is -2.51. The third-order valence-corrected chi connectivity index (χ3v) is 20.8. The lowest BCUT2D eigenvalue weighted by Crippen LogP contribution is -2.72. The number of nitrogens with two attached hydrogens (primary N) is 4. The monoisotopic (exact) mass is 1850 g/mol. The SMILES string of the molecule is CC(=O)NC1C(O)OC(CO)C(OC2OC(CO)C(OC3OC(CO)C(OC4OC(CO)C(O)C(O)C4N)C(OC(C)C(=O)NC(C)C(=O)NC(CCC(=O)NC(CCCC(N)C(=O)O)C(=O)NC(C)C(=O)NC(C)C(=O)O)C(=O)O)C3NC(C)=O)C(O)C2N)C1OC(C)C(=O)NC(C)C(=O)NC(CCC(=O)NC(CCCC(N)C(=O)O)C(=O)NC(C)C(=O)O)C(=O)O. The number of carbonyl (C=O) groups is 17. The van der Waals surface area contributed by atoms with Gasteiger partial charge in [-0.15, -0.1) is 0 Å². The van der Waals surface area contributed by atoms with Crippen molar-refractivity contribution >= 4 is 101 Å². The summed E-state index contributed by atoms with van der Waals surface area (Å²) in [5, 5.41) is 171. The Morgan fingerprint density at radius 1 is 0.336 bits per heavy atom. The van der Waals surface area contributed by atoms with Crippen LogP contribution in [0.15, 0.2) is 0 Å². The molecule has 4 rings (SSSR count). The fourth-order valence-corrected chi connectivity index (χ4v) is 13.3. The number of carboxylic acids is 6. The lowest BCUT2D eigenvalue weighted by atomic mass is 9.93. The van der Waals surface area contributed by atoms with Crippen molar-refractivity contribution in [2.75, 3.05) is 26.4 Å². The molecule has 4 aliphatic heterocycles. The predicted molar refractivity (Wildman–Crippen MR) is 421 cm³/mol. The van der Waals surface area contributed by atoms with E-state index in [1.807, 2.05) is 0 Å². The van der Waals surface area contributed by atoms with Crippen LogP contribution in [-0.2, 0) is 124 Å². The molecule has 0 saturated carbocycles. The van der Waals surface area contributed by atoms with Gasteiger partial charge in [0.05, 0.1) is 38.5 Å². The van der Waals surface area contributed by atoms with Gasteiger partial charge in [-0.25, -0.2) is 9.59 Å². The first-order valence-corrected chi connectivity index (χ1v) is 40.5. The smallest absolute Gasteiger partial charge is 0.326 e. The van der Waals surface area contributed by atoms with Crippen molar-refractivity contribution in [3.63, 3.8) is 0 Å². The molecule has 0 aromatic carbocycles. The van der Waals surface area contributed by atoms with Crippen molar-refractivity contribution in [2.45, 2.75) is 328 Å². The molecule has 33 unspecified atom stereocenters.